The number of benzene rings is 1. The van der Waals surface area contributed by atoms with Crippen LogP contribution in [0.15, 0.2) is 46.9 Å². The van der Waals surface area contributed by atoms with Crippen molar-refractivity contribution in [1.29, 1.82) is 0 Å². The van der Waals surface area contributed by atoms with Crippen LogP contribution in [-0.4, -0.2) is 35.7 Å². The maximum atomic E-state index is 12.1. The van der Waals surface area contributed by atoms with Crippen LogP contribution in [0.1, 0.15) is 21.7 Å². The Morgan fingerprint density at radius 3 is 2.48 bits per heavy atom. The zero-order chi connectivity index (χ0) is 18.4. The van der Waals surface area contributed by atoms with E-state index in [-0.39, 0.29) is 23.5 Å². The molecular formula is C17H17N3O5. The number of nitrogens with one attached hydrogen (secondary N) is 1. The highest BCUT2D eigenvalue weighted by atomic mass is 16.6. The maximum Gasteiger partial charge on any atom is 0.433 e. The molecular weight excluding hydrogens is 326 g/mol. The summed E-state index contributed by atoms with van der Waals surface area (Å²) in [5, 5.41) is 13.1. The lowest BCUT2D eigenvalue weighted by molar-refractivity contribution is -0.402. The van der Waals surface area contributed by atoms with Gasteiger partial charge in [-0.05, 0) is 29.8 Å². The molecule has 1 aromatic carbocycles. The molecule has 1 N–H and O–H groups in total. The van der Waals surface area contributed by atoms with Crippen molar-refractivity contribution < 1.29 is 18.9 Å². The number of nitro groups is 1. The van der Waals surface area contributed by atoms with E-state index in [0.717, 1.165) is 5.56 Å². The van der Waals surface area contributed by atoms with Crippen molar-refractivity contribution in [1.82, 2.24) is 10.2 Å². The molecule has 0 aliphatic rings. The number of amides is 2. The standard InChI is InChI=1S/C17H17N3O5/c1-18-17(22)13-5-3-12(4-6-13)11-19(2)15(21)9-7-14-8-10-16(25-14)20(23)24/h3-10H,11H2,1-2H3,(H,18,22)/b9-7+. The second-order valence-corrected chi connectivity index (χ2v) is 5.24. The second-order valence-electron chi connectivity index (χ2n) is 5.24. The highest BCUT2D eigenvalue weighted by Crippen LogP contribution is 2.16. The van der Waals surface area contributed by atoms with Crippen molar-refractivity contribution in [3.05, 3.63) is 69.5 Å². The van der Waals surface area contributed by atoms with E-state index in [9.17, 15) is 19.7 Å². The topological polar surface area (TPSA) is 106 Å². The fourth-order valence-electron chi connectivity index (χ4n) is 2.07. The molecule has 8 nitrogen and oxygen atoms in total. The first-order valence-corrected chi connectivity index (χ1v) is 7.39. The van der Waals surface area contributed by atoms with Gasteiger partial charge in [-0.15, -0.1) is 0 Å². The number of furan rings is 1. The van der Waals surface area contributed by atoms with Crippen LogP contribution in [0.3, 0.4) is 0 Å². The van der Waals surface area contributed by atoms with Gasteiger partial charge < -0.3 is 14.6 Å². The summed E-state index contributed by atoms with van der Waals surface area (Å²) in [6.45, 7) is 0.357. The van der Waals surface area contributed by atoms with Crippen LogP contribution in [0.25, 0.3) is 6.08 Å². The fourth-order valence-corrected chi connectivity index (χ4v) is 2.07. The Bertz CT molecular complexity index is 808. The first-order chi connectivity index (χ1) is 11.9. The molecule has 0 unspecified atom stereocenters. The van der Waals surface area contributed by atoms with Crippen LogP contribution < -0.4 is 5.32 Å². The minimum absolute atomic E-state index is 0.175. The molecule has 2 aromatic rings. The minimum Gasteiger partial charge on any atom is -0.401 e. The fraction of sp³-hybridized carbons (Fsp3) is 0.176. The minimum atomic E-state index is -0.645. The third-order valence-corrected chi connectivity index (χ3v) is 3.42. The predicted molar refractivity (Wildman–Crippen MR) is 90.7 cm³/mol. The number of hydrogen-bond acceptors (Lipinski definition) is 5. The van der Waals surface area contributed by atoms with Crippen molar-refractivity contribution in [2.45, 2.75) is 6.54 Å². The van der Waals surface area contributed by atoms with E-state index in [1.807, 2.05) is 0 Å². The highest BCUT2D eigenvalue weighted by Gasteiger charge is 2.11. The number of carbonyl (C=O) groups is 2. The Balaban J connectivity index is 1.96. The van der Waals surface area contributed by atoms with E-state index >= 15 is 0 Å². The van der Waals surface area contributed by atoms with Crippen molar-refractivity contribution in [2.24, 2.45) is 0 Å². The number of carbonyl (C=O) groups excluding carboxylic acids is 2. The molecule has 0 saturated heterocycles. The summed E-state index contributed by atoms with van der Waals surface area (Å²) >= 11 is 0. The second kappa shape index (κ2) is 7.91. The molecule has 0 spiro atoms. The van der Waals surface area contributed by atoms with Crippen LogP contribution in [-0.2, 0) is 11.3 Å². The quantitative estimate of drug-likeness (QED) is 0.492. The zero-order valence-corrected chi connectivity index (χ0v) is 13.8. The Hall–Kier alpha value is -3.42. The molecule has 2 rings (SSSR count). The van der Waals surface area contributed by atoms with Gasteiger partial charge in [0.05, 0.1) is 6.07 Å². The predicted octanol–water partition coefficient (Wildman–Crippen LogP) is 2.22. The smallest absolute Gasteiger partial charge is 0.401 e. The van der Waals surface area contributed by atoms with Gasteiger partial charge >= 0.3 is 5.88 Å². The number of rotatable bonds is 6. The molecule has 0 fully saturated rings. The number of nitrogens with zero attached hydrogens (tertiary/aromatic N) is 2. The molecule has 0 bridgehead atoms. The Morgan fingerprint density at radius 1 is 1.24 bits per heavy atom. The summed E-state index contributed by atoms with van der Waals surface area (Å²) in [4.78, 5) is 34.9. The molecule has 1 heterocycles. The average molecular weight is 343 g/mol. The van der Waals surface area contributed by atoms with Gasteiger partial charge in [-0.1, -0.05) is 12.1 Å². The molecule has 0 aliphatic carbocycles. The van der Waals surface area contributed by atoms with E-state index < -0.39 is 4.92 Å². The summed E-state index contributed by atoms with van der Waals surface area (Å²) in [6.07, 6.45) is 2.65. The lowest BCUT2D eigenvalue weighted by Gasteiger charge is -2.15. The Morgan fingerprint density at radius 2 is 1.92 bits per heavy atom. The first kappa shape index (κ1) is 17.9. The molecule has 25 heavy (non-hydrogen) atoms. The van der Waals surface area contributed by atoms with Gasteiger partial charge in [0, 0.05) is 32.3 Å². The van der Waals surface area contributed by atoms with E-state index in [0.29, 0.717) is 12.1 Å². The summed E-state index contributed by atoms with van der Waals surface area (Å²) in [7, 11) is 3.19. The zero-order valence-electron chi connectivity index (χ0n) is 13.8. The molecule has 1 aromatic heterocycles. The SMILES string of the molecule is CNC(=O)c1ccc(CN(C)C(=O)/C=C/c2ccc([N+](=O)[O-])o2)cc1. The van der Waals surface area contributed by atoms with Crippen LogP contribution in [0, 0.1) is 10.1 Å². The molecule has 0 aliphatic heterocycles. The molecule has 8 heteroatoms. The van der Waals surface area contributed by atoms with Gasteiger partial charge in [0.1, 0.15) is 10.7 Å². The molecule has 2 amide bonds. The van der Waals surface area contributed by atoms with Gasteiger partial charge in [0.15, 0.2) is 0 Å². The summed E-state index contributed by atoms with van der Waals surface area (Å²) < 4.78 is 4.95. The first-order valence-electron chi connectivity index (χ1n) is 7.39. The summed E-state index contributed by atoms with van der Waals surface area (Å²) in [5.74, 6) is -0.610. The summed E-state index contributed by atoms with van der Waals surface area (Å²) in [6, 6.07) is 9.55. The molecule has 130 valence electrons. The van der Waals surface area contributed by atoms with Gasteiger partial charge in [0.2, 0.25) is 5.91 Å². The normalized spacial score (nSPS) is 10.6. The summed E-state index contributed by atoms with van der Waals surface area (Å²) in [5.41, 5.74) is 1.41. The highest BCUT2D eigenvalue weighted by molar-refractivity contribution is 5.94. The number of likely N-dealkylation sites (N-methyl/N-ethyl adjacent to an activating group) is 1. The van der Waals surface area contributed by atoms with Gasteiger partial charge in [-0.2, -0.15) is 0 Å². The third-order valence-electron chi connectivity index (χ3n) is 3.42. The maximum absolute atomic E-state index is 12.1. The van der Waals surface area contributed by atoms with Crippen molar-refractivity contribution in [2.75, 3.05) is 14.1 Å². The molecule has 0 radical (unpaired) electrons. The average Bonchev–Trinajstić information content (AvgIpc) is 3.09. The van der Waals surface area contributed by atoms with E-state index in [4.69, 9.17) is 4.42 Å². The van der Waals surface area contributed by atoms with Crippen LogP contribution in [0.5, 0.6) is 0 Å². The monoisotopic (exact) mass is 343 g/mol. The lowest BCUT2D eigenvalue weighted by Crippen LogP contribution is -2.24. The molecule has 0 saturated carbocycles. The van der Waals surface area contributed by atoms with Crippen LogP contribution in [0.2, 0.25) is 0 Å². The van der Waals surface area contributed by atoms with E-state index in [1.54, 1.807) is 38.4 Å². The van der Waals surface area contributed by atoms with Crippen LogP contribution >= 0.6 is 0 Å². The van der Waals surface area contributed by atoms with Crippen molar-refractivity contribution >= 4 is 23.8 Å². The largest absolute Gasteiger partial charge is 0.433 e. The van der Waals surface area contributed by atoms with Crippen LogP contribution in [0.4, 0.5) is 5.88 Å². The van der Waals surface area contributed by atoms with Gasteiger partial charge in [-0.3, -0.25) is 19.7 Å². The lowest BCUT2D eigenvalue weighted by atomic mass is 10.1. The Kier molecular flexibility index (Phi) is 5.67. The van der Waals surface area contributed by atoms with E-state index in [2.05, 4.69) is 5.32 Å². The number of hydrogen-bond donors (Lipinski definition) is 1. The van der Waals surface area contributed by atoms with Gasteiger partial charge in [0.25, 0.3) is 5.91 Å². The van der Waals surface area contributed by atoms with Crippen molar-refractivity contribution in [3.8, 4) is 0 Å². The van der Waals surface area contributed by atoms with Gasteiger partial charge in [-0.25, -0.2) is 0 Å². The van der Waals surface area contributed by atoms with E-state index in [1.165, 1.54) is 29.2 Å². The van der Waals surface area contributed by atoms with Crippen molar-refractivity contribution in [3.63, 3.8) is 0 Å². The third kappa shape index (κ3) is 4.77. The molecule has 0 atom stereocenters. The Labute approximate surface area is 143 Å².